The maximum Gasteiger partial charge on any atom is 0.410 e. The molecule has 0 N–H and O–H groups in total. The van der Waals surface area contributed by atoms with Crippen LogP contribution >= 0.6 is 0 Å². The van der Waals surface area contributed by atoms with Gasteiger partial charge < -0.3 is 33.2 Å². The van der Waals surface area contributed by atoms with Crippen LogP contribution in [0.25, 0.3) is 0 Å². The molecule has 5 unspecified atom stereocenters. The van der Waals surface area contributed by atoms with Gasteiger partial charge in [0, 0.05) is 39.5 Å². The normalized spacial score (nSPS) is 27.9. The highest BCUT2D eigenvalue weighted by atomic mass is 16.7. The molecule has 2 heterocycles. The summed E-state index contributed by atoms with van der Waals surface area (Å²) in [6.45, 7) is 3.43. The van der Waals surface area contributed by atoms with Gasteiger partial charge in [0.1, 0.15) is 37.6 Å². The van der Waals surface area contributed by atoms with E-state index in [2.05, 4.69) is 0 Å². The number of likely N-dealkylation sites (tertiary alicyclic amines) is 1. The largest absolute Gasteiger partial charge is 0.463 e. The van der Waals surface area contributed by atoms with Crippen LogP contribution in [0, 0.1) is 5.92 Å². The second-order valence-electron chi connectivity index (χ2n) is 11.5. The van der Waals surface area contributed by atoms with E-state index in [4.69, 9.17) is 33.2 Å². The molecule has 13 nitrogen and oxygen atoms in total. The van der Waals surface area contributed by atoms with E-state index in [1.165, 1.54) is 25.7 Å². The zero-order valence-electron chi connectivity index (χ0n) is 25.8. The van der Waals surface area contributed by atoms with E-state index in [-0.39, 0.29) is 39.2 Å². The highest BCUT2D eigenvalue weighted by molar-refractivity contribution is 5.82. The molecule has 7 atom stereocenters. The SMILES string of the molecule is CC(=O)OCC1O[C@H](OC2C[C@@H](C(=O)OCc3ccccc3)N(C(=O)OCc3ccccc3)C2)C(OC(C)=O)C2CC12OC(C)=O. The van der Waals surface area contributed by atoms with E-state index in [1.807, 2.05) is 60.7 Å². The van der Waals surface area contributed by atoms with Crippen molar-refractivity contribution in [3.8, 4) is 0 Å². The van der Waals surface area contributed by atoms with Crippen molar-refractivity contribution < 1.29 is 57.1 Å². The third-order valence-corrected chi connectivity index (χ3v) is 8.11. The van der Waals surface area contributed by atoms with Crippen LogP contribution in [-0.2, 0) is 65.5 Å². The summed E-state index contributed by atoms with van der Waals surface area (Å²) in [5.41, 5.74) is 0.373. The predicted molar refractivity (Wildman–Crippen MR) is 156 cm³/mol. The number of nitrogens with zero attached hydrogens (tertiary/aromatic N) is 1. The second-order valence-corrected chi connectivity index (χ2v) is 11.5. The zero-order chi connectivity index (χ0) is 32.8. The number of amides is 1. The summed E-state index contributed by atoms with van der Waals surface area (Å²) in [6, 6.07) is 17.2. The molecule has 0 radical (unpaired) electrons. The van der Waals surface area contributed by atoms with E-state index < -0.39 is 72.1 Å². The summed E-state index contributed by atoms with van der Waals surface area (Å²) < 4.78 is 40.0. The van der Waals surface area contributed by atoms with Crippen LogP contribution in [-0.4, -0.2) is 84.3 Å². The summed E-state index contributed by atoms with van der Waals surface area (Å²) in [4.78, 5) is 63.6. The molecule has 1 amide bonds. The third kappa shape index (κ3) is 7.83. The standard InChI is InChI=1S/C33H37NO12/c1-20(35)40-19-28-33(46-22(3)37)15-26(33)29(43-21(2)36)31(45-28)44-25-14-27(30(38)41-17-23-10-6-4-7-11-23)34(16-25)32(39)42-18-24-12-8-5-9-13-24/h4-13,25-29,31H,14-19H2,1-3H3/t25?,26?,27-,28?,29?,31-,33?/m0/s1. The predicted octanol–water partition coefficient (Wildman–Crippen LogP) is 3.07. The molecule has 2 aromatic rings. The molecule has 2 saturated heterocycles. The molecule has 3 fully saturated rings. The van der Waals surface area contributed by atoms with Crippen LogP contribution in [0.4, 0.5) is 4.79 Å². The Morgan fingerprint density at radius 2 is 1.46 bits per heavy atom. The lowest BCUT2D eigenvalue weighted by atomic mass is 10.0. The van der Waals surface area contributed by atoms with Crippen molar-refractivity contribution in [3.63, 3.8) is 0 Å². The highest BCUT2D eigenvalue weighted by Crippen LogP contribution is 2.58. The van der Waals surface area contributed by atoms with E-state index in [9.17, 15) is 24.0 Å². The lowest BCUT2D eigenvalue weighted by molar-refractivity contribution is -0.290. The van der Waals surface area contributed by atoms with Gasteiger partial charge in [-0.15, -0.1) is 0 Å². The van der Waals surface area contributed by atoms with E-state index >= 15 is 0 Å². The van der Waals surface area contributed by atoms with Gasteiger partial charge in [-0.2, -0.15) is 0 Å². The van der Waals surface area contributed by atoms with Crippen LogP contribution in [0.15, 0.2) is 60.7 Å². The van der Waals surface area contributed by atoms with Gasteiger partial charge in [0.25, 0.3) is 0 Å². The number of esters is 4. The van der Waals surface area contributed by atoms with Crippen molar-refractivity contribution in [2.24, 2.45) is 5.92 Å². The van der Waals surface area contributed by atoms with Crippen molar-refractivity contribution in [2.75, 3.05) is 13.2 Å². The van der Waals surface area contributed by atoms with E-state index in [1.54, 1.807) is 0 Å². The molecule has 0 spiro atoms. The smallest absolute Gasteiger partial charge is 0.410 e. The molecule has 1 aliphatic carbocycles. The number of rotatable bonds is 11. The van der Waals surface area contributed by atoms with Crippen molar-refractivity contribution in [2.45, 2.75) is 83.1 Å². The monoisotopic (exact) mass is 639 g/mol. The molecular formula is C33H37NO12. The average molecular weight is 640 g/mol. The summed E-state index contributed by atoms with van der Waals surface area (Å²) in [6.07, 6.45) is -4.26. The first-order valence-electron chi connectivity index (χ1n) is 15.0. The average Bonchev–Trinajstić information content (AvgIpc) is 3.60. The number of hydrogen-bond donors (Lipinski definition) is 0. The van der Waals surface area contributed by atoms with Crippen LogP contribution < -0.4 is 0 Å². The molecule has 1 saturated carbocycles. The van der Waals surface area contributed by atoms with Crippen LogP contribution in [0.5, 0.6) is 0 Å². The fourth-order valence-corrected chi connectivity index (χ4v) is 5.99. The summed E-state index contributed by atoms with van der Waals surface area (Å²) in [5, 5.41) is 0. The molecule has 46 heavy (non-hydrogen) atoms. The first-order chi connectivity index (χ1) is 22.1. The van der Waals surface area contributed by atoms with Gasteiger partial charge in [0.15, 0.2) is 12.4 Å². The molecule has 2 aromatic carbocycles. The molecule has 3 aliphatic rings. The Kier molecular flexibility index (Phi) is 10.2. The molecule has 13 heteroatoms. The van der Waals surface area contributed by atoms with Crippen molar-refractivity contribution in [1.82, 2.24) is 4.90 Å². The fraction of sp³-hybridized carbons (Fsp3) is 0.485. The number of carbonyl (C=O) groups excluding carboxylic acids is 5. The molecule has 5 rings (SSSR count). The first-order valence-corrected chi connectivity index (χ1v) is 15.0. The van der Waals surface area contributed by atoms with Gasteiger partial charge >= 0.3 is 30.0 Å². The van der Waals surface area contributed by atoms with Gasteiger partial charge in [0.05, 0.1) is 12.6 Å². The minimum atomic E-state index is -1.19. The first kappa shape index (κ1) is 32.9. The number of fused-ring (bicyclic) bond motifs is 1. The maximum atomic E-state index is 13.3. The quantitative estimate of drug-likeness (QED) is 0.262. The van der Waals surface area contributed by atoms with Gasteiger partial charge in [-0.05, 0) is 11.1 Å². The van der Waals surface area contributed by atoms with Crippen molar-refractivity contribution >= 4 is 30.0 Å². The molecule has 0 bridgehead atoms. The minimum absolute atomic E-state index is 0.00655. The van der Waals surface area contributed by atoms with Crippen LogP contribution in [0.1, 0.15) is 44.7 Å². The summed E-state index contributed by atoms with van der Waals surface area (Å²) >= 11 is 0. The fourth-order valence-electron chi connectivity index (χ4n) is 5.99. The molecule has 0 aromatic heterocycles. The van der Waals surface area contributed by atoms with E-state index in [0.717, 1.165) is 11.1 Å². The molecule has 2 aliphatic heterocycles. The van der Waals surface area contributed by atoms with Gasteiger partial charge in [0.2, 0.25) is 0 Å². The number of hydrogen-bond acceptors (Lipinski definition) is 12. The van der Waals surface area contributed by atoms with Gasteiger partial charge in [-0.25, -0.2) is 9.59 Å². The Balaban J connectivity index is 1.33. The summed E-state index contributed by atoms with van der Waals surface area (Å²) in [5.74, 6) is -2.88. The molecule has 246 valence electrons. The number of benzene rings is 2. The lowest BCUT2D eigenvalue weighted by Crippen LogP contribution is -2.55. The Morgan fingerprint density at radius 3 is 2.04 bits per heavy atom. The third-order valence-electron chi connectivity index (χ3n) is 8.11. The Labute approximate surface area is 265 Å². The molecular weight excluding hydrogens is 602 g/mol. The van der Waals surface area contributed by atoms with E-state index in [0.29, 0.717) is 0 Å². The van der Waals surface area contributed by atoms with Gasteiger partial charge in [-0.1, -0.05) is 60.7 Å². The Hall–Kier alpha value is -4.49. The maximum absolute atomic E-state index is 13.3. The highest BCUT2D eigenvalue weighted by Gasteiger charge is 2.72. The lowest BCUT2D eigenvalue weighted by Gasteiger charge is -2.40. The Bertz CT molecular complexity index is 1350. The number of carbonyl (C=O) groups is 5. The minimum Gasteiger partial charge on any atom is -0.463 e. The Morgan fingerprint density at radius 1 is 0.826 bits per heavy atom. The number of ether oxygens (including phenoxy) is 7. The topological polar surface area (TPSA) is 153 Å². The van der Waals surface area contributed by atoms with Crippen LogP contribution in [0.3, 0.4) is 0 Å². The van der Waals surface area contributed by atoms with Gasteiger partial charge in [-0.3, -0.25) is 19.3 Å². The van der Waals surface area contributed by atoms with Crippen molar-refractivity contribution in [3.05, 3.63) is 71.8 Å². The van der Waals surface area contributed by atoms with Crippen molar-refractivity contribution in [1.29, 1.82) is 0 Å². The second kappa shape index (κ2) is 14.3. The van der Waals surface area contributed by atoms with Crippen LogP contribution in [0.2, 0.25) is 0 Å². The zero-order valence-corrected chi connectivity index (χ0v) is 25.8. The summed E-state index contributed by atoms with van der Waals surface area (Å²) in [7, 11) is 0.